The number of piperidine rings is 1. The van der Waals surface area contributed by atoms with Crippen LogP contribution in [0.3, 0.4) is 0 Å². The Labute approximate surface area is 214 Å². The van der Waals surface area contributed by atoms with Crippen LogP contribution in [0.2, 0.25) is 10.0 Å². The highest BCUT2D eigenvalue weighted by Gasteiger charge is 2.34. The number of hydrogen-bond acceptors (Lipinski definition) is 4. The van der Waals surface area contributed by atoms with Crippen LogP contribution >= 0.6 is 23.2 Å². The van der Waals surface area contributed by atoms with Gasteiger partial charge in [-0.1, -0.05) is 47.5 Å². The molecule has 0 bridgehead atoms. The molecule has 11 heteroatoms. The molecular formula is C24H26Cl2N4O4S. The number of nitrogens with one attached hydrogen (secondary N) is 1. The van der Waals surface area contributed by atoms with Crippen molar-refractivity contribution in [1.82, 2.24) is 13.7 Å². The van der Waals surface area contributed by atoms with E-state index >= 15 is 0 Å². The number of halogens is 2. The van der Waals surface area contributed by atoms with E-state index in [4.69, 9.17) is 23.2 Å². The van der Waals surface area contributed by atoms with Crippen LogP contribution in [0.4, 0.5) is 5.69 Å². The molecule has 4 rings (SSSR count). The predicted octanol–water partition coefficient (Wildman–Crippen LogP) is 3.97. The highest BCUT2D eigenvalue weighted by molar-refractivity contribution is 7.88. The Balaban J connectivity index is 1.52. The summed E-state index contributed by atoms with van der Waals surface area (Å²) in [6, 6.07) is 14.0. The Bertz CT molecular complexity index is 1400. The Hall–Kier alpha value is -2.59. The van der Waals surface area contributed by atoms with Crippen LogP contribution in [0, 0.1) is 12.8 Å². The van der Waals surface area contributed by atoms with E-state index in [-0.39, 0.29) is 39.5 Å². The van der Waals surface area contributed by atoms with E-state index in [1.54, 1.807) is 36.9 Å². The molecule has 186 valence electrons. The number of amides is 1. The van der Waals surface area contributed by atoms with Gasteiger partial charge >= 0.3 is 0 Å². The molecule has 2 heterocycles. The lowest BCUT2D eigenvalue weighted by Crippen LogP contribution is -2.44. The fourth-order valence-corrected chi connectivity index (χ4v) is 6.65. The molecular weight excluding hydrogens is 511 g/mol. The Kier molecular flexibility index (Phi) is 7.42. The molecule has 1 aliphatic rings. The third-order valence-corrected chi connectivity index (χ3v) is 8.82. The second-order valence-electron chi connectivity index (χ2n) is 8.58. The van der Waals surface area contributed by atoms with Gasteiger partial charge in [-0.3, -0.25) is 14.3 Å². The van der Waals surface area contributed by atoms with Gasteiger partial charge in [0.15, 0.2) is 0 Å². The predicted molar refractivity (Wildman–Crippen MR) is 138 cm³/mol. The Morgan fingerprint density at radius 1 is 1.09 bits per heavy atom. The van der Waals surface area contributed by atoms with E-state index in [0.29, 0.717) is 36.3 Å². The first-order valence-corrected chi connectivity index (χ1v) is 13.5. The van der Waals surface area contributed by atoms with Crippen LogP contribution in [0.15, 0.2) is 53.3 Å². The fraction of sp³-hybridized carbons (Fsp3) is 0.333. The van der Waals surface area contributed by atoms with Gasteiger partial charge in [-0.15, -0.1) is 0 Å². The summed E-state index contributed by atoms with van der Waals surface area (Å²) in [6.45, 7) is 2.08. The van der Waals surface area contributed by atoms with Gasteiger partial charge in [-0.25, -0.2) is 17.4 Å². The monoisotopic (exact) mass is 536 g/mol. The van der Waals surface area contributed by atoms with Crippen molar-refractivity contribution >= 4 is 44.8 Å². The van der Waals surface area contributed by atoms with Crippen LogP contribution in [0.1, 0.15) is 24.1 Å². The molecule has 0 aliphatic carbocycles. The molecule has 0 spiro atoms. The summed E-state index contributed by atoms with van der Waals surface area (Å²) in [6.07, 6.45) is 1.04. The van der Waals surface area contributed by atoms with E-state index in [1.807, 2.05) is 30.3 Å². The average Bonchev–Trinajstić information content (AvgIpc) is 3.05. The largest absolute Gasteiger partial charge is 0.320 e. The van der Waals surface area contributed by atoms with Gasteiger partial charge in [0.1, 0.15) is 5.69 Å². The molecule has 1 saturated heterocycles. The van der Waals surface area contributed by atoms with Crippen molar-refractivity contribution in [2.45, 2.75) is 25.5 Å². The van der Waals surface area contributed by atoms with Crippen molar-refractivity contribution in [1.29, 1.82) is 0 Å². The number of para-hydroxylation sites is 1. The average molecular weight is 537 g/mol. The molecule has 2 aromatic carbocycles. The van der Waals surface area contributed by atoms with Crippen LogP contribution < -0.4 is 10.9 Å². The number of anilines is 1. The van der Waals surface area contributed by atoms with Crippen molar-refractivity contribution in [3.05, 3.63) is 80.2 Å². The highest BCUT2D eigenvalue weighted by atomic mass is 35.5. The summed E-state index contributed by atoms with van der Waals surface area (Å²) in [5.74, 6) is -1.32. The van der Waals surface area contributed by atoms with Gasteiger partial charge in [-0.05, 0) is 44.0 Å². The van der Waals surface area contributed by atoms with E-state index in [9.17, 15) is 18.0 Å². The minimum Gasteiger partial charge on any atom is -0.320 e. The minimum atomic E-state index is -3.76. The molecule has 35 heavy (non-hydrogen) atoms. The van der Waals surface area contributed by atoms with E-state index in [1.165, 1.54) is 8.99 Å². The molecule has 8 nitrogen and oxygen atoms in total. The lowest BCUT2D eigenvalue weighted by atomic mass is 9.99. The molecule has 1 fully saturated rings. The fourth-order valence-electron chi connectivity index (χ4n) is 4.29. The molecule has 3 aromatic rings. The number of sulfonamides is 1. The maximum atomic E-state index is 13.1. The summed E-state index contributed by atoms with van der Waals surface area (Å²) >= 11 is 12.3. The molecule has 1 unspecified atom stereocenters. The quantitative estimate of drug-likeness (QED) is 0.515. The lowest BCUT2D eigenvalue weighted by molar-refractivity contribution is -0.120. The molecule has 0 saturated carbocycles. The standard InChI is InChI=1S/C24H26Cl2N4O4S/c1-16-22(24(32)30(28(16)2)18-9-4-3-5-10-18)27-23(31)17-8-7-13-29(14-17)35(33,34)15-19-20(25)11-6-12-21(19)26/h3-6,9-12,17H,7-8,13-15H2,1-2H3,(H,27,31). The van der Waals surface area contributed by atoms with Crippen LogP contribution in [0.25, 0.3) is 5.69 Å². The number of carbonyl (C=O) groups is 1. The normalized spacial score (nSPS) is 16.9. The minimum absolute atomic E-state index is 0.0228. The molecule has 1 aromatic heterocycles. The van der Waals surface area contributed by atoms with Crippen LogP contribution in [-0.4, -0.2) is 41.1 Å². The maximum absolute atomic E-state index is 13.1. The first-order valence-electron chi connectivity index (χ1n) is 11.2. The first-order chi connectivity index (χ1) is 16.6. The number of carbonyl (C=O) groups excluding carboxylic acids is 1. The first kappa shape index (κ1) is 25.5. The molecule has 1 atom stereocenters. The molecule has 1 N–H and O–H groups in total. The molecule has 1 amide bonds. The number of aromatic nitrogens is 2. The summed E-state index contributed by atoms with van der Waals surface area (Å²) in [5.41, 5.74) is 1.45. The van der Waals surface area contributed by atoms with Crippen molar-refractivity contribution in [2.24, 2.45) is 13.0 Å². The smallest absolute Gasteiger partial charge is 0.295 e. The van der Waals surface area contributed by atoms with Crippen LogP contribution in [-0.2, 0) is 27.6 Å². The summed E-state index contributed by atoms with van der Waals surface area (Å²) in [5, 5.41) is 3.32. The second kappa shape index (κ2) is 10.2. The van der Waals surface area contributed by atoms with Crippen molar-refractivity contribution < 1.29 is 13.2 Å². The highest BCUT2D eigenvalue weighted by Crippen LogP contribution is 2.29. The number of benzene rings is 2. The summed E-state index contributed by atoms with van der Waals surface area (Å²) in [4.78, 5) is 26.3. The number of hydrogen-bond donors (Lipinski definition) is 1. The second-order valence-corrected chi connectivity index (χ2v) is 11.4. The summed E-state index contributed by atoms with van der Waals surface area (Å²) in [7, 11) is -2.02. The van der Waals surface area contributed by atoms with E-state index in [2.05, 4.69) is 5.32 Å². The zero-order valence-corrected chi connectivity index (χ0v) is 21.7. The third-order valence-electron chi connectivity index (χ3n) is 6.34. The Morgan fingerprint density at radius 3 is 2.40 bits per heavy atom. The maximum Gasteiger partial charge on any atom is 0.295 e. The van der Waals surface area contributed by atoms with Gasteiger partial charge in [0, 0.05) is 35.7 Å². The molecule has 0 radical (unpaired) electrons. The van der Waals surface area contributed by atoms with Gasteiger partial charge in [0.05, 0.1) is 23.1 Å². The van der Waals surface area contributed by atoms with Crippen molar-refractivity contribution in [3.63, 3.8) is 0 Å². The lowest BCUT2D eigenvalue weighted by Gasteiger charge is -2.31. The number of nitrogens with zero attached hydrogens (tertiary/aromatic N) is 3. The molecule has 1 aliphatic heterocycles. The van der Waals surface area contributed by atoms with Gasteiger partial charge in [-0.2, -0.15) is 0 Å². The SMILES string of the molecule is Cc1c(NC(=O)C2CCCN(S(=O)(=O)Cc3c(Cl)cccc3Cl)C2)c(=O)n(-c2ccccc2)n1C. The van der Waals surface area contributed by atoms with Gasteiger partial charge in [0.25, 0.3) is 5.56 Å². The van der Waals surface area contributed by atoms with Gasteiger partial charge < -0.3 is 5.32 Å². The van der Waals surface area contributed by atoms with E-state index in [0.717, 1.165) is 0 Å². The zero-order valence-electron chi connectivity index (χ0n) is 19.4. The topological polar surface area (TPSA) is 93.4 Å². The zero-order chi connectivity index (χ0) is 25.3. The van der Waals surface area contributed by atoms with Crippen molar-refractivity contribution in [3.8, 4) is 5.69 Å². The summed E-state index contributed by atoms with van der Waals surface area (Å²) < 4.78 is 30.7. The van der Waals surface area contributed by atoms with Crippen molar-refractivity contribution in [2.75, 3.05) is 18.4 Å². The van der Waals surface area contributed by atoms with E-state index < -0.39 is 15.9 Å². The third kappa shape index (κ3) is 5.18. The Morgan fingerprint density at radius 2 is 1.74 bits per heavy atom. The van der Waals surface area contributed by atoms with Gasteiger partial charge in [0.2, 0.25) is 15.9 Å². The van der Waals surface area contributed by atoms with Crippen LogP contribution in [0.5, 0.6) is 0 Å². The number of rotatable bonds is 6.